The minimum absolute atomic E-state index is 0.0365. The van der Waals surface area contributed by atoms with Crippen LogP contribution in [0.1, 0.15) is 263 Å². The molecule has 0 aliphatic carbocycles. The number of allylic oxidation sites excluding steroid dienone is 1. The molecular weight excluding hydrogens is 1350 g/mol. The van der Waals surface area contributed by atoms with Gasteiger partial charge in [-0.1, -0.05) is 213 Å². The molecule has 2 N–H and O–H groups in total. The lowest BCUT2D eigenvalue weighted by molar-refractivity contribution is -0.294. The van der Waals surface area contributed by atoms with Crippen LogP contribution < -0.4 is 0 Å². The molecule has 6 aliphatic rings. The largest absolute Gasteiger partial charge is 0.459 e. The zero-order valence-electron chi connectivity index (χ0n) is 71.7. The van der Waals surface area contributed by atoms with E-state index in [9.17, 15) is 29.4 Å². The van der Waals surface area contributed by atoms with Crippen molar-refractivity contribution >= 4 is 23.5 Å². The van der Waals surface area contributed by atoms with Gasteiger partial charge < -0.3 is 57.6 Å². The van der Waals surface area contributed by atoms with E-state index in [1.54, 1.807) is 13.0 Å². The number of ketones is 2. The Balaban J connectivity index is 0.000000298. The fraction of sp³-hybridized carbons (Fsp3) is 0.802. The average Bonchev–Trinajstić information content (AvgIpc) is 0.779. The van der Waals surface area contributed by atoms with Gasteiger partial charge in [0, 0.05) is 67.1 Å². The van der Waals surface area contributed by atoms with Crippen LogP contribution in [0.5, 0.6) is 0 Å². The molecule has 0 aromatic heterocycles. The number of aliphatic hydroxyl groups is 2. The van der Waals surface area contributed by atoms with Gasteiger partial charge in [0.15, 0.2) is 30.9 Å². The summed E-state index contributed by atoms with van der Waals surface area (Å²) in [5.74, 6) is -3.01. The lowest BCUT2D eigenvalue weighted by Crippen LogP contribution is -2.57. The minimum Gasteiger partial charge on any atom is -0.459 e. The van der Waals surface area contributed by atoms with Crippen molar-refractivity contribution in [2.75, 3.05) is 0 Å². The van der Waals surface area contributed by atoms with Crippen LogP contribution in [0.4, 0.5) is 0 Å². The fourth-order valence-corrected chi connectivity index (χ4v) is 19.5. The van der Waals surface area contributed by atoms with E-state index < -0.39 is 119 Å². The van der Waals surface area contributed by atoms with E-state index in [4.69, 9.17) is 47.4 Å². The lowest BCUT2D eigenvalue weighted by Gasteiger charge is -2.49. The SMILES string of the molecule is CC[C@H]1OC(=O)[C@H](C)[C@@H](OC2CC(C)(C)[C@@H](C)[C@H](C)O2)[C@H](C)[C@@H](OC2O[C@H](C)C[C@H](C)[C@H]2C)C(C)(C)C[C@@H](C)C(=O)/C(C)=C/[C@@]1(O)Cc1ccccc1.CC[C@H]1OC(=O)[C@H](C)[C@@H](OC2CC(C)(C)[C@@H](C)[C@H](C)O2)[C@H](C)[C@@H](OC2O[C@H](C)C[C@H](C)[C@H]2C)C(C)(C)C[C@@H](C)C(=O)[C@H](C)[C@@H](C)[C@@]1(O)Cc1ccccc1. The van der Waals surface area contributed by atoms with Gasteiger partial charge in [-0.25, -0.2) is 0 Å². The van der Waals surface area contributed by atoms with Gasteiger partial charge >= 0.3 is 11.9 Å². The summed E-state index contributed by atoms with van der Waals surface area (Å²) in [5.41, 5.74) is -2.08. The Kier molecular flexibility index (Phi) is 31.1. The van der Waals surface area contributed by atoms with E-state index in [0.29, 0.717) is 67.8 Å². The van der Waals surface area contributed by atoms with Crippen molar-refractivity contribution in [3.8, 4) is 0 Å². The van der Waals surface area contributed by atoms with Gasteiger partial charge in [0.05, 0.1) is 60.7 Å². The monoisotopic (exact) mass is 1500 g/mol. The van der Waals surface area contributed by atoms with E-state index in [1.165, 1.54) is 0 Å². The van der Waals surface area contributed by atoms with Gasteiger partial charge in [0.25, 0.3) is 0 Å². The van der Waals surface area contributed by atoms with Crippen molar-refractivity contribution in [3.63, 3.8) is 0 Å². The molecule has 5 saturated heterocycles. The number of rotatable bonds is 14. The molecule has 2 aromatic rings. The summed E-state index contributed by atoms with van der Waals surface area (Å²) in [6.07, 6.45) is 1.10. The van der Waals surface area contributed by atoms with E-state index in [-0.39, 0.29) is 95.2 Å². The molecule has 16 nitrogen and oxygen atoms in total. The Labute approximate surface area is 647 Å². The number of cyclic esters (lactones) is 2. The maximum absolute atomic E-state index is 14.6. The second kappa shape index (κ2) is 36.9. The summed E-state index contributed by atoms with van der Waals surface area (Å²) < 4.78 is 67.3. The predicted molar refractivity (Wildman–Crippen MR) is 422 cm³/mol. The van der Waals surface area contributed by atoms with Gasteiger partial charge in [-0.05, 0) is 161 Å². The van der Waals surface area contributed by atoms with Gasteiger partial charge in [-0.15, -0.1) is 0 Å². The number of esters is 2. The molecule has 16 heteroatoms. The topological polar surface area (TPSA) is 201 Å². The van der Waals surface area contributed by atoms with Crippen molar-refractivity contribution in [2.24, 2.45) is 105 Å². The first-order chi connectivity index (χ1) is 49.6. The summed E-state index contributed by atoms with van der Waals surface area (Å²) in [6.45, 7) is 60.6. The van der Waals surface area contributed by atoms with Gasteiger partial charge in [0.1, 0.15) is 29.2 Å². The molecule has 608 valence electrons. The number of carbonyl (C=O) groups excluding carboxylic acids is 4. The Morgan fingerprint density at radius 2 is 0.822 bits per heavy atom. The number of benzene rings is 2. The molecule has 2 aromatic carbocycles. The maximum atomic E-state index is 14.6. The minimum atomic E-state index is -1.62. The Morgan fingerprint density at radius 3 is 1.21 bits per heavy atom. The lowest BCUT2D eigenvalue weighted by atomic mass is 9.67. The maximum Gasteiger partial charge on any atom is 0.311 e. The van der Waals surface area contributed by atoms with Crippen LogP contribution in [0.25, 0.3) is 0 Å². The summed E-state index contributed by atoms with van der Waals surface area (Å²) in [5, 5.41) is 25.3. The summed E-state index contributed by atoms with van der Waals surface area (Å²) in [6, 6.07) is 19.4. The van der Waals surface area contributed by atoms with Crippen LogP contribution in [0.3, 0.4) is 0 Å². The number of Topliss-reactive ketones (excluding diaryl/α,β-unsaturated/α-hetero) is 2. The second-order valence-corrected chi connectivity index (χ2v) is 38.2. The highest BCUT2D eigenvalue weighted by atomic mass is 16.7. The van der Waals surface area contributed by atoms with Crippen LogP contribution in [0.15, 0.2) is 72.3 Å². The third-order valence-electron chi connectivity index (χ3n) is 27.7. The van der Waals surface area contributed by atoms with Crippen molar-refractivity contribution in [3.05, 3.63) is 83.4 Å². The molecule has 6 aliphatic heterocycles. The number of ether oxygens (including phenoxy) is 10. The zero-order chi connectivity index (χ0) is 80.1. The highest BCUT2D eigenvalue weighted by Crippen LogP contribution is 2.50. The molecule has 5 fully saturated rings. The number of hydrogen-bond donors (Lipinski definition) is 2. The standard InChI is InChI=1S/C46H76O8.C45H72O8/c1-16-37-46(49,24-36-20-18-17-19-21-36)33(9)30(6)39(47)27(3)23-45(14,15)41(54-43-29(5)26(2)22-28(4)50-43)31(7)40(32(8)42(48)52-37)53-38-25-44(12,13)34(10)35(11)51-38;1-15-36-45(48,24-35-19-17-16-18-20-35)23-28(4)38(46)27(3)22-44(13,14)40(53-42-30(6)26(2)21-29(5)49-42)31(7)39(32(8)41(47)51-36)52-37-25-43(11,12)33(9)34(10)50-37/h17-21,26-35,37-38,40-41,43,49H,16,22-25H2,1-15H3;16-20,23,26-27,29-34,36-37,39-40,42,48H,15,21-22,24-25H2,1-14H3/b;28-23+/t26-,27+,28+,29+,30+,31-,32+,33+,34-,35-,37+,38?,40-,41+,43?,46-;26-,27+,29+,30+,31-,32+,33-,34-,36+,37?,39-,40+,42?,45+/m00/s1. The van der Waals surface area contributed by atoms with Crippen LogP contribution in [0, 0.1) is 105 Å². The summed E-state index contributed by atoms with van der Waals surface area (Å²) in [7, 11) is 0. The summed E-state index contributed by atoms with van der Waals surface area (Å²) >= 11 is 0. The molecule has 0 amide bonds. The normalized spacial score (nSPS) is 43.2. The van der Waals surface area contributed by atoms with Crippen LogP contribution >= 0.6 is 0 Å². The first kappa shape index (κ1) is 90.3. The smallest absolute Gasteiger partial charge is 0.311 e. The molecule has 0 bridgehead atoms. The Hall–Kier alpha value is -3.94. The molecule has 30 atom stereocenters. The first-order valence-corrected chi connectivity index (χ1v) is 41.6. The predicted octanol–water partition coefficient (Wildman–Crippen LogP) is 18.5. The molecule has 8 rings (SSSR count). The quantitative estimate of drug-likeness (QED) is 0.169. The zero-order valence-corrected chi connectivity index (χ0v) is 71.7. The highest BCUT2D eigenvalue weighted by Gasteiger charge is 2.55. The molecule has 0 saturated carbocycles. The van der Waals surface area contributed by atoms with Crippen molar-refractivity contribution in [2.45, 2.75) is 362 Å². The Bertz CT molecular complexity index is 3200. The van der Waals surface area contributed by atoms with Gasteiger partial charge in [-0.2, -0.15) is 0 Å². The third-order valence-corrected chi connectivity index (χ3v) is 27.7. The third kappa shape index (κ3) is 21.7. The Morgan fingerprint density at radius 1 is 0.439 bits per heavy atom. The van der Waals surface area contributed by atoms with Crippen molar-refractivity contribution in [1.29, 1.82) is 0 Å². The highest BCUT2D eigenvalue weighted by molar-refractivity contribution is 5.96. The molecule has 6 heterocycles. The molecular formula is C91H148O16. The van der Waals surface area contributed by atoms with E-state index in [2.05, 4.69) is 138 Å². The van der Waals surface area contributed by atoms with Crippen LogP contribution in [-0.4, -0.2) is 131 Å². The van der Waals surface area contributed by atoms with E-state index in [0.717, 1.165) is 24.0 Å². The van der Waals surface area contributed by atoms with E-state index >= 15 is 0 Å². The van der Waals surface area contributed by atoms with Crippen LogP contribution in [0.2, 0.25) is 0 Å². The summed E-state index contributed by atoms with van der Waals surface area (Å²) in [4.78, 5) is 57.9. The fourth-order valence-electron chi connectivity index (χ4n) is 19.5. The molecule has 4 unspecified atom stereocenters. The van der Waals surface area contributed by atoms with Crippen LogP contribution in [-0.2, 0) is 79.4 Å². The van der Waals surface area contributed by atoms with Crippen molar-refractivity contribution in [1.82, 2.24) is 0 Å². The number of carbonyl (C=O) groups is 4. The van der Waals surface area contributed by atoms with Gasteiger partial charge in [0.2, 0.25) is 0 Å². The molecule has 0 spiro atoms. The van der Waals surface area contributed by atoms with E-state index in [1.807, 2.05) is 116 Å². The second-order valence-electron chi connectivity index (χ2n) is 38.2. The van der Waals surface area contributed by atoms with Gasteiger partial charge in [-0.3, -0.25) is 19.2 Å². The van der Waals surface area contributed by atoms with Crippen molar-refractivity contribution < 1.29 is 76.8 Å². The first-order valence-electron chi connectivity index (χ1n) is 41.6. The average molecular weight is 1500 g/mol. The molecule has 107 heavy (non-hydrogen) atoms. The number of hydrogen-bond acceptors (Lipinski definition) is 16. The molecule has 0 radical (unpaired) electrons.